The van der Waals surface area contributed by atoms with Crippen LogP contribution < -0.4 is 4.90 Å². The standard InChI is InChI=1S/C13H15F2N3/c1-9-2-3-11(8-16)13(17-9)18-6-4-10(5-7-18)12(14)15/h2-3,10,12H,4-7H2,1H3. The summed E-state index contributed by atoms with van der Waals surface area (Å²) in [6.45, 7) is 2.94. The smallest absolute Gasteiger partial charge is 0.241 e. The van der Waals surface area contributed by atoms with Crippen LogP contribution in [-0.2, 0) is 0 Å². The van der Waals surface area contributed by atoms with Crippen LogP contribution in [0, 0.1) is 24.2 Å². The molecular formula is C13H15F2N3. The van der Waals surface area contributed by atoms with E-state index in [-0.39, 0.29) is 0 Å². The van der Waals surface area contributed by atoms with E-state index in [1.165, 1.54) is 0 Å². The van der Waals surface area contributed by atoms with Crippen molar-refractivity contribution in [3.63, 3.8) is 0 Å². The first-order chi connectivity index (χ1) is 8.61. The van der Waals surface area contributed by atoms with Crippen LogP contribution in [0.25, 0.3) is 0 Å². The molecule has 0 N–H and O–H groups in total. The lowest BCUT2D eigenvalue weighted by molar-refractivity contribution is 0.0635. The van der Waals surface area contributed by atoms with E-state index in [4.69, 9.17) is 5.26 Å². The Labute approximate surface area is 105 Å². The van der Waals surface area contributed by atoms with E-state index in [0.29, 0.717) is 37.3 Å². The van der Waals surface area contributed by atoms with Crippen molar-refractivity contribution in [1.82, 2.24) is 4.98 Å². The van der Waals surface area contributed by atoms with E-state index in [2.05, 4.69) is 11.1 Å². The molecule has 0 bridgehead atoms. The van der Waals surface area contributed by atoms with Crippen molar-refractivity contribution in [2.45, 2.75) is 26.2 Å². The normalized spacial score (nSPS) is 16.9. The summed E-state index contributed by atoms with van der Waals surface area (Å²) >= 11 is 0. The lowest BCUT2D eigenvalue weighted by atomic mass is 9.97. The number of hydrogen-bond acceptors (Lipinski definition) is 3. The van der Waals surface area contributed by atoms with Gasteiger partial charge < -0.3 is 4.90 Å². The molecule has 0 unspecified atom stereocenters. The van der Waals surface area contributed by atoms with Crippen LogP contribution in [0.15, 0.2) is 12.1 Å². The molecule has 2 heterocycles. The molecule has 0 amide bonds. The molecule has 0 radical (unpaired) electrons. The lowest BCUT2D eigenvalue weighted by Crippen LogP contribution is -2.36. The van der Waals surface area contributed by atoms with Crippen LogP contribution in [0.5, 0.6) is 0 Å². The summed E-state index contributed by atoms with van der Waals surface area (Å²) in [4.78, 5) is 6.29. The van der Waals surface area contributed by atoms with Gasteiger partial charge in [-0.2, -0.15) is 5.26 Å². The summed E-state index contributed by atoms with van der Waals surface area (Å²) in [5.41, 5.74) is 1.34. The maximum atomic E-state index is 12.6. The zero-order chi connectivity index (χ0) is 13.1. The molecule has 0 aliphatic carbocycles. The Kier molecular flexibility index (Phi) is 3.75. The van der Waals surface area contributed by atoms with Crippen molar-refractivity contribution in [3.8, 4) is 6.07 Å². The Balaban J connectivity index is 2.14. The van der Waals surface area contributed by atoms with Crippen molar-refractivity contribution in [1.29, 1.82) is 5.26 Å². The van der Waals surface area contributed by atoms with Gasteiger partial charge in [0.15, 0.2) is 0 Å². The number of nitriles is 1. The van der Waals surface area contributed by atoms with E-state index in [1.807, 2.05) is 11.8 Å². The Morgan fingerprint density at radius 1 is 1.39 bits per heavy atom. The molecular weight excluding hydrogens is 236 g/mol. The van der Waals surface area contributed by atoms with Gasteiger partial charge in [-0.15, -0.1) is 0 Å². The SMILES string of the molecule is Cc1ccc(C#N)c(N2CCC(C(F)F)CC2)n1. The van der Waals surface area contributed by atoms with Gasteiger partial charge in [0.25, 0.3) is 0 Å². The zero-order valence-electron chi connectivity index (χ0n) is 10.2. The highest BCUT2D eigenvalue weighted by Gasteiger charge is 2.27. The van der Waals surface area contributed by atoms with E-state index >= 15 is 0 Å². The van der Waals surface area contributed by atoms with Crippen LogP contribution in [0.1, 0.15) is 24.1 Å². The van der Waals surface area contributed by atoms with Gasteiger partial charge >= 0.3 is 0 Å². The number of nitrogens with zero attached hydrogens (tertiary/aromatic N) is 3. The minimum atomic E-state index is -2.24. The third-order valence-corrected chi connectivity index (χ3v) is 3.33. The summed E-state index contributed by atoms with van der Waals surface area (Å²) in [7, 11) is 0. The van der Waals surface area contributed by atoms with Gasteiger partial charge in [0.1, 0.15) is 11.9 Å². The molecule has 1 aliphatic rings. The summed E-state index contributed by atoms with van der Waals surface area (Å²) in [6.07, 6.45) is -1.33. The predicted octanol–water partition coefficient (Wildman–Crippen LogP) is 2.74. The number of aryl methyl sites for hydroxylation is 1. The Hall–Kier alpha value is -1.70. The molecule has 0 aromatic carbocycles. The predicted molar refractivity (Wildman–Crippen MR) is 64.6 cm³/mol. The average Bonchev–Trinajstić information content (AvgIpc) is 2.39. The number of anilines is 1. The molecule has 18 heavy (non-hydrogen) atoms. The van der Waals surface area contributed by atoms with Crippen LogP contribution in [0.3, 0.4) is 0 Å². The lowest BCUT2D eigenvalue weighted by Gasteiger charge is -2.32. The number of hydrogen-bond donors (Lipinski definition) is 0. The maximum Gasteiger partial charge on any atom is 0.241 e. The Morgan fingerprint density at radius 2 is 2.06 bits per heavy atom. The van der Waals surface area contributed by atoms with Crippen LogP contribution >= 0.6 is 0 Å². The van der Waals surface area contributed by atoms with Crippen molar-refractivity contribution >= 4 is 5.82 Å². The van der Waals surface area contributed by atoms with Gasteiger partial charge in [0, 0.05) is 24.7 Å². The second-order valence-electron chi connectivity index (χ2n) is 4.59. The fourth-order valence-corrected chi connectivity index (χ4v) is 2.23. The largest absolute Gasteiger partial charge is 0.355 e. The number of alkyl halides is 2. The molecule has 0 saturated carbocycles. The fourth-order valence-electron chi connectivity index (χ4n) is 2.23. The van der Waals surface area contributed by atoms with Crippen molar-refractivity contribution < 1.29 is 8.78 Å². The molecule has 5 heteroatoms. The monoisotopic (exact) mass is 251 g/mol. The van der Waals surface area contributed by atoms with Crippen molar-refractivity contribution in [2.24, 2.45) is 5.92 Å². The van der Waals surface area contributed by atoms with Gasteiger partial charge in [-0.3, -0.25) is 0 Å². The number of halogens is 2. The van der Waals surface area contributed by atoms with Gasteiger partial charge in [-0.25, -0.2) is 13.8 Å². The number of aromatic nitrogens is 1. The number of pyridine rings is 1. The molecule has 1 aromatic heterocycles. The summed E-state index contributed by atoms with van der Waals surface area (Å²) in [5, 5.41) is 9.04. The van der Waals surface area contributed by atoms with Crippen molar-refractivity contribution in [3.05, 3.63) is 23.4 Å². The quantitative estimate of drug-likeness (QED) is 0.811. The van der Waals surface area contributed by atoms with Gasteiger partial charge in [0.2, 0.25) is 6.43 Å². The first-order valence-corrected chi connectivity index (χ1v) is 6.02. The topological polar surface area (TPSA) is 39.9 Å². The third-order valence-electron chi connectivity index (χ3n) is 3.33. The second kappa shape index (κ2) is 5.30. The van der Waals surface area contributed by atoms with E-state index < -0.39 is 12.3 Å². The summed E-state index contributed by atoms with van der Waals surface area (Å²) < 4.78 is 25.1. The van der Waals surface area contributed by atoms with Crippen LogP contribution in [0.4, 0.5) is 14.6 Å². The van der Waals surface area contributed by atoms with E-state index in [1.54, 1.807) is 12.1 Å². The molecule has 96 valence electrons. The highest BCUT2D eigenvalue weighted by Crippen LogP contribution is 2.27. The Bertz CT molecular complexity index is 460. The average molecular weight is 251 g/mol. The summed E-state index contributed by atoms with van der Waals surface area (Å²) in [6, 6.07) is 5.62. The highest BCUT2D eigenvalue weighted by atomic mass is 19.3. The van der Waals surface area contributed by atoms with Gasteiger partial charge in [-0.05, 0) is 31.9 Å². The molecule has 1 aliphatic heterocycles. The van der Waals surface area contributed by atoms with Crippen LogP contribution in [-0.4, -0.2) is 24.5 Å². The zero-order valence-corrected chi connectivity index (χ0v) is 10.2. The van der Waals surface area contributed by atoms with E-state index in [9.17, 15) is 8.78 Å². The fraction of sp³-hybridized carbons (Fsp3) is 0.538. The molecule has 1 saturated heterocycles. The van der Waals surface area contributed by atoms with Crippen molar-refractivity contribution in [2.75, 3.05) is 18.0 Å². The third kappa shape index (κ3) is 2.58. The number of piperidine rings is 1. The first-order valence-electron chi connectivity index (χ1n) is 6.02. The minimum absolute atomic E-state index is 0.457. The summed E-state index contributed by atoms with van der Waals surface area (Å²) in [5.74, 6) is 0.113. The Morgan fingerprint density at radius 3 is 2.61 bits per heavy atom. The number of rotatable bonds is 2. The molecule has 3 nitrogen and oxygen atoms in total. The van der Waals surface area contributed by atoms with Crippen LogP contribution in [0.2, 0.25) is 0 Å². The second-order valence-corrected chi connectivity index (χ2v) is 4.59. The highest BCUT2D eigenvalue weighted by molar-refractivity contribution is 5.54. The van der Waals surface area contributed by atoms with Gasteiger partial charge in [-0.1, -0.05) is 0 Å². The molecule has 0 spiro atoms. The minimum Gasteiger partial charge on any atom is -0.355 e. The molecule has 2 rings (SSSR count). The van der Waals surface area contributed by atoms with E-state index in [0.717, 1.165) is 5.69 Å². The molecule has 1 fully saturated rings. The van der Waals surface area contributed by atoms with Gasteiger partial charge in [0.05, 0.1) is 5.56 Å². The first kappa shape index (κ1) is 12.7. The molecule has 1 aromatic rings. The molecule has 0 atom stereocenters. The maximum absolute atomic E-state index is 12.6.